The lowest BCUT2D eigenvalue weighted by Gasteiger charge is -2.13. The van der Waals surface area contributed by atoms with Crippen LogP contribution in [-0.2, 0) is 19.1 Å². The first-order valence-corrected chi connectivity index (χ1v) is 6.36. The lowest BCUT2D eigenvalue weighted by atomic mass is 9.95. The average Bonchev–Trinajstić information content (AvgIpc) is 2.45. The van der Waals surface area contributed by atoms with Crippen molar-refractivity contribution in [2.24, 2.45) is 5.92 Å². The summed E-state index contributed by atoms with van der Waals surface area (Å²) in [7, 11) is 0. The molecule has 0 fully saturated rings. The Balaban J connectivity index is 2.89. The zero-order valence-corrected chi connectivity index (χ0v) is 11.5. The molecule has 1 aromatic heterocycles. The van der Waals surface area contributed by atoms with Crippen LogP contribution in [0.4, 0.5) is 0 Å². The molecule has 0 radical (unpaired) electrons. The monoisotopic (exact) mass is 279 g/mol. The fourth-order valence-corrected chi connectivity index (χ4v) is 1.63. The van der Waals surface area contributed by atoms with Gasteiger partial charge in [0, 0.05) is 18.0 Å². The Hall–Kier alpha value is -2.24. The molecule has 6 nitrogen and oxygen atoms in total. The Labute approximate surface area is 117 Å². The van der Waals surface area contributed by atoms with E-state index in [9.17, 15) is 14.4 Å². The maximum absolute atomic E-state index is 12.3. The average molecular weight is 279 g/mol. The zero-order chi connectivity index (χ0) is 15.0. The van der Waals surface area contributed by atoms with Crippen LogP contribution in [-0.4, -0.2) is 35.9 Å². The van der Waals surface area contributed by atoms with E-state index in [0.29, 0.717) is 5.56 Å². The number of rotatable bonds is 7. The van der Waals surface area contributed by atoms with Crippen LogP contribution in [0.2, 0.25) is 0 Å². The molecular formula is C14H17NO5. The third-order valence-corrected chi connectivity index (χ3v) is 2.53. The number of pyridine rings is 1. The van der Waals surface area contributed by atoms with E-state index in [1.54, 1.807) is 13.8 Å². The number of nitrogens with zero attached hydrogens (tertiary/aromatic N) is 1. The Kier molecular flexibility index (Phi) is 6.36. The summed E-state index contributed by atoms with van der Waals surface area (Å²) in [6, 6.07) is 2.97. The highest BCUT2D eigenvalue weighted by molar-refractivity contribution is 6.10. The number of ether oxygens (including phenoxy) is 2. The fraction of sp³-hybridized carbons (Fsp3) is 0.429. The molecule has 0 N–H and O–H groups in total. The van der Waals surface area contributed by atoms with E-state index in [1.807, 2.05) is 0 Å². The van der Waals surface area contributed by atoms with Gasteiger partial charge in [0.25, 0.3) is 0 Å². The van der Waals surface area contributed by atoms with Crippen molar-refractivity contribution in [2.45, 2.75) is 20.3 Å². The van der Waals surface area contributed by atoms with Gasteiger partial charge < -0.3 is 9.47 Å². The van der Waals surface area contributed by atoms with E-state index in [4.69, 9.17) is 9.47 Å². The smallest absolute Gasteiger partial charge is 0.317 e. The third-order valence-electron chi connectivity index (χ3n) is 2.53. The van der Waals surface area contributed by atoms with E-state index in [-0.39, 0.29) is 19.6 Å². The van der Waals surface area contributed by atoms with Gasteiger partial charge in [-0.1, -0.05) is 0 Å². The maximum atomic E-state index is 12.3. The van der Waals surface area contributed by atoms with Gasteiger partial charge in [-0.25, -0.2) is 0 Å². The fourth-order valence-electron chi connectivity index (χ4n) is 1.63. The van der Waals surface area contributed by atoms with E-state index in [2.05, 4.69) is 4.98 Å². The summed E-state index contributed by atoms with van der Waals surface area (Å²) < 4.78 is 9.62. The van der Waals surface area contributed by atoms with Crippen molar-refractivity contribution in [3.63, 3.8) is 0 Å². The van der Waals surface area contributed by atoms with Crippen LogP contribution in [0.5, 0.6) is 0 Å². The van der Waals surface area contributed by atoms with Crippen molar-refractivity contribution >= 4 is 17.7 Å². The summed E-state index contributed by atoms with van der Waals surface area (Å²) in [4.78, 5) is 39.4. The van der Waals surface area contributed by atoms with Crippen LogP contribution in [0.3, 0.4) is 0 Å². The number of hydrogen-bond donors (Lipinski definition) is 0. The van der Waals surface area contributed by atoms with Gasteiger partial charge in [-0.2, -0.15) is 0 Å². The van der Waals surface area contributed by atoms with Crippen LogP contribution in [0.15, 0.2) is 24.5 Å². The minimum Gasteiger partial charge on any atom is -0.466 e. The molecule has 1 atom stereocenters. The van der Waals surface area contributed by atoms with Crippen LogP contribution in [0.1, 0.15) is 30.6 Å². The molecule has 0 amide bonds. The maximum Gasteiger partial charge on any atom is 0.317 e. The predicted molar refractivity (Wildman–Crippen MR) is 69.9 cm³/mol. The van der Waals surface area contributed by atoms with Crippen LogP contribution in [0, 0.1) is 5.92 Å². The van der Waals surface area contributed by atoms with Crippen molar-refractivity contribution < 1.29 is 23.9 Å². The lowest BCUT2D eigenvalue weighted by molar-refractivity contribution is -0.152. The topological polar surface area (TPSA) is 82.6 Å². The number of carbonyl (C=O) groups excluding carboxylic acids is 3. The predicted octanol–water partition coefficient (Wildman–Crippen LogP) is 1.40. The van der Waals surface area contributed by atoms with E-state index < -0.39 is 23.6 Å². The van der Waals surface area contributed by atoms with Gasteiger partial charge >= 0.3 is 11.9 Å². The largest absolute Gasteiger partial charge is 0.466 e. The molecule has 20 heavy (non-hydrogen) atoms. The second-order valence-corrected chi connectivity index (χ2v) is 3.91. The Morgan fingerprint density at radius 2 is 1.70 bits per heavy atom. The molecule has 0 saturated carbocycles. The quantitative estimate of drug-likeness (QED) is 0.426. The molecular weight excluding hydrogens is 262 g/mol. The number of ketones is 1. The normalized spacial score (nSPS) is 11.5. The van der Waals surface area contributed by atoms with Crippen molar-refractivity contribution in [3.05, 3.63) is 30.1 Å². The SMILES string of the molecule is CCOC(=O)CC(C(=O)OCC)C(=O)c1ccncc1. The second kappa shape index (κ2) is 8.04. The second-order valence-electron chi connectivity index (χ2n) is 3.91. The molecule has 1 rings (SSSR count). The van der Waals surface area contributed by atoms with Crippen molar-refractivity contribution in [1.29, 1.82) is 0 Å². The molecule has 0 saturated heterocycles. The van der Waals surface area contributed by atoms with Gasteiger partial charge in [-0.15, -0.1) is 0 Å². The number of carbonyl (C=O) groups is 3. The number of aromatic nitrogens is 1. The van der Waals surface area contributed by atoms with E-state index in [1.165, 1.54) is 24.5 Å². The highest BCUT2D eigenvalue weighted by Gasteiger charge is 2.31. The molecule has 1 heterocycles. The van der Waals surface area contributed by atoms with Crippen LogP contribution in [0.25, 0.3) is 0 Å². The molecule has 0 aliphatic heterocycles. The van der Waals surface area contributed by atoms with Gasteiger partial charge in [0.15, 0.2) is 5.78 Å². The summed E-state index contributed by atoms with van der Waals surface area (Å²) in [5, 5.41) is 0. The molecule has 108 valence electrons. The molecule has 0 aliphatic carbocycles. The molecule has 0 spiro atoms. The molecule has 0 aliphatic rings. The molecule has 6 heteroatoms. The molecule has 0 aromatic carbocycles. The number of esters is 2. The van der Waals surface area contributed by atoms with Gasteiger partial charge in [0.05, 0.1) is 19.6 Å². The molecule has 1 aromatic rings. The van der Waals surface area contributed by atoms with E-state index >= 15 is 0 Å². The number of Topliss-reactive ketones (excluding diaryl/α,β-unsaturated/α-hetero) is 1. The van der Waals surface area contributed by atoms with Crippen LogP contribution >= 0.6 is 0 Å². The summed E-state index contributed by atoms with van der Waals surface area (Å²) >= 11 is 0. The zero-order valence-electron chi connectivity index (χ0n) is 11.5. The van der Waals surface area contributed by atoms with Gasteiger partial charge in [-0.05, 0) is 26.0 Å². The standard InChI is InChI=1S/C14H17NO5/c1-3-19-12(16)9-11(14(18)20-4-2)13(17)10-5-7-15-8-6-10/h5-8,11H,3-4,9H2,1-2H3. The summed E-state index contributed by atoms with van der Waals surface area (Å²) in [5.74, 6) is -2.98. The Morgan fingerprint density at radius 3 is 2.25 bits per heavy atom. The summed E-state index contributed by atoms with van der Waals surface area (Å²) in [6.45, 7) is 3.62. The summed E-state index contributed by atoms with van der Waals surface area (Å²) in [6.07, 6.45) is 2.56. The lowest BCUT2D eigenvalue weighted by Crippen LogP contribution is -2.29. The van der Waals surface area contributed by atoms with Crippen molar-refractivity contribution in [1.82, 2.24) is 4.98 Å². The minimum atomic E-state index is -1.18. The third kappa shape index (κ3) is 4.46. The van der Waals surface area contributed by atoms with Gasteiger partial charge in [-0.3, -0.25) is 19.4 Å². The summed E-state index contributed by atoms with van der Waals surface area (Å²) in [5.41, 5.74) is 0.308. The molecule has 1 unspecified atom stereocenters. The first-order valence-electron chi connectivity index (χ1n) is 6.36. The molecule has 0 bridgehead atoms. The highest BCUT2D eigenvalue weighted by atomic mass is 16.5. The van der Waals surface area contributed by atoms with Crippen molar-refractivity contribution in [3.8, 4) is 0 Å². The van der Waals surface area contributed by atoms with Crippen LogP contribution < -0.4 is 0 Å². The highest BCUT2D eigenvalue weighted by Crippen LogP contribution is 2.15. The Morgan fingerprint density at radius 1 is 1.10 bits per heavy atom. The van der Waals surface area contributed by atoms with E-state index in [0.717, 1.165) is 0 Å². The Bertz CT molecular complexity index is 472. The van der Waals surface area contributed by atoms with Gasteiger partial charge in [0.1, 0.15) is 5.92 Å². The number of hydrogen-bond acceptors (Lipinski definition) is 6. The first-order chi connectivity index (χ1) is 9.60. The minimum absolute atomic E-state index is 0.141. The first kappa shape index (κ1) is 15.8. The van der Waals surface area contributed by atoms with Gasteiger partial charge in [0.2, 0.25) is 0 Å². The van der Waals surface area contributed by atoms with Crippen molar-refractivity contribution in [2.75, 3.05) is 13.2 Å².